The summed E-state index contributed by atoms with van der Waals surface area (Å²) in [6.45, 7) is 0.866. The van der Waals surface area contributed by atoms with E-state index in [-0.39, 0.29) is 0 Å². The quantitative estimate of drug-likeness (QED) is 0.602. The molecule has 2 aromatic carbocycles. The van der Waals surface area contributed by atoms with Crippen molar-refractivity contribution in [1.82, 2.24) is 9.97 Å². The third kappa shape index (κ3) is 5.21. The Kier molecular flexibility index (Phi) is 5.82. The van der Waals surface area contributed by atoms with Crippen molar-refractivity contribution in [2.24, 2.45) is 0 Å². The van der Waals surface area contributed by atoms with Crippen LogP contribution in [0.15, 0.2) is 67.0 Å². The maximum Gasteiger partial charge on any atom is 0.135 e. The lowest BCUT2D eigenvalue weighted by atomic mass is 10.1. The molecule has 25 heavy (non-hydrogen) atoms. The average Bonchev–Trinajstić information content (AvgIpc) is 2.67. The lowest BCUT2D eigenvalue weighted by Gasteiger charge is -2.09. The highest BCUT2D eigenvalue weighted by Crippen LogP contribution is 2.21. The summed E-state index contributed by atoms with van der Waals surface area (Å²) in [6.07, 6.45) is 3.66. The molecule has 3 aromatic rings. The van der Waals surface area contributed by atoms with Crippen LogP contribution in [0.4, 0.5) is 17.3 Å². The SMILES string of the molecule is COc1cccc(Nc2cc(NCCCc3ccccc3)ncn2)c1. The number of ether oxygens (including phenoxy) is 1. The van der Waals surface area contributed by atoms with Crippen LogP contribution < -0.4 is 15.4 Å². The number of aryl methyl sites for hydroxylation is 1. The van der Waals surface area contributed by atoms with Gasteiger partial charge in [-0.25, -0.2) is 9.97 Å². The molecule has 0 aliphatic heterocycles. The Morgan fingerprint density at radius 1 is 0.920 bits per heavy atom. The Bertz CT molecular complexity index is 792. The third-order valence-corrected chi connectivity index (χ3v) is 3.80. The number of aromatic nitrogens is 2. The molecular weight excluding hydrogens is 312 g/mol. The van der Waals surface area contributed by atoms with E-state index in [0.717, 1.165) is 42.5 Å². The Morgan fingerprint density at radius 2 is 1.76 bits per heavy atom. The zero-order valence-electron chi connectivity index (χ0n) is 14.3. The van der Waals surface area contributed by atoms with Gasteiger partial charge in [0.2, 0.25) is 0 Å². The molecule has 0 atom stereocenters. The summed E-state index contributed by atoms with van der Waals surface area (Å²) in [5, 5.41) is 6.61. The predicted octanol–water partition coefficient (Wildman–Crippen LogP) is 4.27. The highest BCUT2D eigenvalue weighted by Gasteiger charge is 2.01. The van der Waals surface area contributed by atoms with Crippen LogP contribution in [0.3, 0.4) is 0 Å². The summed E-state index contributed by atoms with van der Waals surface area (Å²) in [4.78, 5) is 8.54. The molecule has 128 valence electrons. The summed E-state index contributed by atoms with van der Waals surface area (Å²) in [5.41, 5.74) is 2.28. The Morgan fingerprint density at radius 3 is 2.60 bits per heavy atom. The predicted molar refractivity (Wildman–Crippen MR) is 102 cm³/mol. The van der Waals surface area contributed by atoms with Crippen molar-refractivity contribution in [2.75, 3.05) is 24.3 Å². The summed E-state index contributed by atoms with van der Waals surface area (Å²) in [5.74, 6) is 2.36. The molecule has 0 amide bonds. The fourth-order valence-electron chi connectivity index (χ4n) is 2.52. The van der Waals surface area contributed by atoms with Crippen molar-refractivity contribution < 1.29 is 4.74 Å². The molecule has 0 aliphatic carbocycles. The van der Waals surface area contributed by atoms with Crippen molar-refractivity contribution in [1.29, 1.82) is 0 Å². The monoisotopic (exact) mass is 334 g/mol. The summed E-state index contributed by atoms with van der Waals surface area (Å²) >= 11 is 0. The third-order valence-electron chi connectivity index (χ3n) is 3.80. The molecule has 0 saturated carbocycles. The lowest BCUT2D eigenvalue weighted by molar-refractivity contribution is 0.415. The fourth-order valence-corrected chi connectivity index (χ4v) is 2.52. The van der Waals surface area contributed by atoms with Crippen molar-refractivity contribution in [3.63, 3.8) is 0 Å². The highest BCUT2D eigenvalue weighted by molar-refractivity contribution is 5.60. The van der Waals surface area contributed by atoms with Crippen LogP contribution >= 0.6 is 0 Å². The first kappa shape index (κ1) is 16.8. The van der Waals surface area contributed by atoms with Gasteiger partial charge in [0, 0.05) is 24.4 Å². The van der Waals surface area contributed by atoms with E-state index in [9.17, 15) is 0 Å². The first-order valence-corrected chi connectivity index (χ1v) is 8.34. The van der Waals surface area contributed by atoms with Crippen LogP contribution in [-0.2, 0) is 6.42 Å². The van der Waals surface area contributed by atoms with Crippen molar-refractivity contribution in [3.05, 3.63) is 72.6 Å². The van der Waals surface area contributed by atoms with Gasteiger partial charge in [0.1, 0.15) is 23.7 Å². The van der Waals surface area contributed by atoms with Gasteiger partial charge in [0.25, 0.3) is 0 Å². The van der Waals surface area contributed by atoms with Gasteiger partial charge in [-0.05, 0) is 30.5 Å². The van der Waals surface area contributed by atoms with Crippen LogP contribution in [0.2, 0.25) is 0 Å². The zero-order chi connectivity index (χ0) is 17.3. The van der Waals surface area contributed by atoms with E-state index >= 15 is 0 Å². The van der Waals surface area contributed by atoms with E-state index in [4.69, 9.17) is 4.74 Å². The maximum atomic E-state index is 5.23. The minimum atomic E-state index is 0.744. The second kappa shape index (κ2) is 8.68. The molecule has 0 radical (unpaired) electrons. The Hall–Kier alpha value is -3.08. The van der Waals surface area contributed by atoms with E-state index in [2.05, 4.69) is 44.9 Å². The van der Waals surface area contributed by atoms with Crippen LogP contribution in [-0.4, -0.2) is 23.6 Å². The lowest BCUT2D eigenvalue weighted by Crippen LogP contribution is -2.05. The average molecular weight is 334 g/mol. The second-order valence-electron chi connectivity index (χ2n) is 5.66. The molecule has 0 unspecified atom stereocenters. The van der Waals surface area contributed by atoms with Crippen LogP contribution in [0.25, 0.3) is 0 Å². The fraction of sp³-hybridized carbons (Fsp3) is 0.200. The van der Waals surface area contributed by atoms with Crippen molar-refractivity contribution in [2.45, 2.75) is 12.8 Å². The molecule has 5 heteroatoms. The van der Waals surface area contributed by atoms with Gasteiger partial charge >= 0.3 is 0 Å². The van der Waals surface area contributed by atoms with Gasteiger partial charge < -0.3 is 15.4 Å². The number of hydrogen-bond acceptors (Lipinski definition) is 5. The van der Waals surface area contributed by atoms with Crippen LogP contribution in [0, 0.1) is 0 Å². The van der Waals surface area contributed by atoms with Crippen molar-refractivity contribution in [3.8, 4) is 5.75 Å². The van der Waals surface area contributed by atoms with E-state index in [1.807, 2.05) is 36.4 Å². The number of rotatable bonds is 8. The minimum absolute atomic E-state index is 0.744. The summed E-state index contributed by atoms with van der Waals surface area (Å²) < 4.78 is 5.23. The molecule has 0 aliphatic rings. The molecule has 1 aromatic heterocycles. The first-order chi connectivity index (χ1) is 12.3. The van der Waals surface area contributed by atoms with Gasteiger partial charge in [-0.3, -0.25) is 0 Å². The summed E-state index contributed by atoms with van der Waals surface area (Å²) in [7, 11) is 1.65. The number of hydrogen-bond donors (Lipinski definition) is 2. The Balaban J connectivity index is 1.52. The molecule has 0 saturated heterocycles. The molecule has 1 heterocycles. The number of nitrogens with one attached hydrogen (secondary N) is 2. The Labute approximate surface area is 148 Å². The van der Waals surface area contributed by atoms with Gasteiger partial charge in [-0.1, -0.05) is 36.4 Å². The van der Waals surface area contributed by atoms with Gasteiger partial charge in [0.05, 0.1) is 7.11 Å². The van der Waals surface area contributed by atoms with Crippen LogP contribution in [0.1, 0.15) is 12.0 Å². The van der Waals surface area contributed by atoms with E-state index in [1.165, 1.54) is 5.56 Å². The molecule has 2 N–H and O–H groups in total. The first-order valence-electron chi connectivity index (χ1n) is 8.34. The number of benzene rings is 2. The molecule has 5 nitrogen and oxygen atoms in total. The molecule has 3 rings (SSSR count). The van der Waals surface area contributed by atoms with Crippen LogP contribution in [0.5, 0.6) is 5.75 Å². The van der Waals surface area contributed by atoms with E-state index in [1.54, 1.807) is 13.4 Å². The van der Waals surface area contributed by atoms with Gasteiger partial charge in [-0.15, -0.1) is 0 Å². The molecule has 0 fully saturated rings. The highest BCUT2D eigenvalue weighted by atomic mass is 16.5. The van der Waals surface area contributed by atoms with E-state index < -0.39 is 0 Å². The number of anilines is 3. The zero-order valence-corrected chi connectivity index (χ0v) is 14.3. The number of methoxy groups -OCH3 is 1. The van der Waals surface area contributed by atoms with E-state index in [0.29, 0.717) is 0 Å². The summed E-state index contributed by atoms with van der Waals surface area (Å²) in [6, 6.07) is 20.1. The minimum Gasteiger partial charge on any atom is -0.497 e. The second-order valence-corrected chi connectivity index (χ2v) is 5.66. The van der Waals surface area contributed by atoms with Gasteiger partial charge in [-0.2, -0.15) is 0 Å². The maximum absolute atomic E-state index is 5.23. The van der Waals surface area contributed by atoms with Crippen molar-refractivity contribution >= 4 is 17.3 Å². The smallest absolute Gasteiger partial charge is 0.135 e. The van der Waals surface area contributed by atoms with Gasteiger partial charge in [0.15, 0.2) is 0 Å². The standard InChI is InChI=1S/C20H22N4O/c1-25-18-11-5-10-17(13-18)24-20-14-19(22-15-23-20)21-12-6-9-16-7-3-2-4-8-16/h2-5,7-8,10-11,13-15H,6,9,12H2,1H3,(H2,21,22,23,24). The molecular formula is C20H22N4O. The topological polar surface area (TPSA) is 59.1 Å². The normalized spacial score (nSPS) is 10.3. The molecule has 0 bridgehead atoms. The molecule has 0 spiro atoms. The largest absolute Gasteiger partial charge is 0.497 e. The number of nitrogens with zero attached hydrogens (tertiary/aromatic N) is 2.